The minimum Gasteiger partial charge on any atom is -0.492 e. The van der Waals surface area contributed by atoms with Crippen molar-refractivity contribution in [1.29, 1.82) is 5.41 Å². The maximum Gasteiger partial charge on any atom is 0.283 e. The number of ether oxygens (including phenoxy) is 1. The molecule has 0 aliphatic carbocycles. The van der Waals surface area contributed by atoms with Crippen LogP contribution in [0.5, 0.6) is 5.75 Å². The number of fused-ring (bicyclic) bond motifs is 2. The number of aromatic nitrogens is 1. The molecule has 0 saturated carbocycles. The van der Waals surface area contributed by atoms with Crippen LogP contribution in [-0.4, -0.2) is 37.5 Å². The third-order valence-corrected chi connectivity index (χ3v) is 8.95. The number of rotatable bonds is 7. The van der Waals surface area contributed by atoms with Gasteiger partial charge in [0.25, 0.3) is 5.91 Å². The van der Waals surface area contributed by atoms with E-state index in [0.29, 0.717) is 18.3 Å². The van der Waals surface area contributed by atoms with Crippen LogP contribution in [0.1, 0.15) is 22.3 Å². The van der Waals surface area contributed by atoms with Crippen LogP contribution < -0.4 is 4.74 Å². The third-order valence-electron chi connectivity index (χ3n) is 6.84. The SMILES string of the molecule is Cc1ccc(OCCn2cc(/C=C3/C(=N)N4N=C(SCc5ccccc5)SC4=NC3=O)c3ccccc32)cc1C. The lowest BCUT2D eigenvalue weighted by Crippen LogP contribution is -2.35. The first kappa shape index (κ1) is 26.2. The number of aryl methyl sites for hydroxylation is 2. The van der Waals surface area contributed by atoms with Crippen LogP contribution in [0, 0.1) is 19.3 Å². The molecule has 0 saturated heterocycles. The zero-order valence-corrected chi connectivity index (χ0v) is 23.8. The van der Waals surface area contributed by atoms with E-state index in [0.717, 1.165) is 32.3 Å². The molecule has 1 amide bonds. The fourth-order valence-electron chi connectivity index (χ4n) is 4.55. The summed E-state index contributed by atoms with van der Waals surface area (Å²) in [6.45, 7) is 5.31. The summed E-state index contributed by atoms with van der Waals surface area (Å²) in [7, 11) is 0. The van der Waals surface area contributed by atoms with E-state index >= 15 is 0 Å². The molecule has 3 aromatic carbocycles. The molecule has 200 valence electrons. The van der Waals surface area contributed by atoms with Crippen molar-refractivity contribution in [3.63, 3.8) is 0 Å². The molecule has 4 aromatic rings. The molecular weight excluding hydrogens is 539 g/mol. The predicted octanol–water partition coefficient (Wildman–Crippen LogP) is 6.85. The quantitative estimate of drug-likeness (QED) is 0.248. The molecule has 0 radical (unpaired) electrons. The Morgan fingerprint density at radius 2 is 1.82 bits per heavy atom. The van der Waals surface area contributed by atoms with E-state index in [1.807, 2.05) is 48.7 Å². The maximum absolute atomic E-state index is 13.0. The number of hydrazone groups is 1. The van der Waals surface area contributed by atoms with Crippen molar-refractivity contribution >= 4 is 61.8 Å². The minimum absolute atomic E-state index is 0.0349. The van der Waals surface area contributed by atoms with Gasteiger partial charge in [0.1, 0.15) is 12.4 Å². The normalized spacial score (nSPS) is 15.9. The molecule has 2 aliphatic heterocycles. The van der Waals surface area contributed by atoms with Crippen molar-refractivity contribution < 1.29 is 9.53 Å². The van der Waals surface area contributed by atoms with Gasteiger partial charge in [0.2, 0.25) is 5.17 Å². The molecule has 3 heterocycles. The lowest BCUT2D eigenvalue weighted by molar-refractivity contribution is -0.114. The van der Waals surface area contributed by atoms with Crippen LogP contribution in [-0.2, 0) is 17.1 Å². The summed E-state index contributed by atoms with van der Waals surface area (Å²) in [4.78, 5) is 17.3. The van der Waals surface area contributed by atoms with E-state index in [1.165, 1.54) is 33.5 Å². The molecular formula is C31H27N5O2S2. The molecule has 0 spiro atoms. The molecule has 6 rings (SSSR count). The largest absolute Gasteiger partial charge is 0.492 e. The van der Waals surface area contributed by atoms with Crippen LogP contribution in [0.4, 0.5) is 0 Å². The highest BCUT2D eigenvalue weighted by Gasteiger charge is 2.36. The van der Waals surface area contributed by atoms with Crippen LogP contribution >= 0.6 is 23.5 Å². The molecule has 1 aromatic heterocycles. The van der Waals surface area contributed by atoms with E-state index in [9.17, 15) is 4.79 Å². The van der Waals surface area contributed by atoms with Gasteiger partial charge >= 0.3 is 0 Å². The summed E-state index contributed by atoms with van der Waals surface area (Å²) in [5, 5.41) is 16.3. The van der Waals surface area contributed by atoms with Gasteiger partial charge in [0.05, 0.1) is 12.1 Å². The molecule has 0 bridgehead atoms. The molecule has 0 unspecified atom stereocenters. The van der Waals surface area contributed by atoms with Gasteiger partial charge in [-0.3, -0.25) is 10.2 Å². The smallest absolute Gasteiger partial charge is 0.283 e. The fraction of sp³-hybridized carbons (Fsp3) is 0.161. The van der Waals surface area contributed by atoms with Gasteiger partial charge < -0.3 is 9.30 Å². The summed E-state index contributed by atoms with van der Waals surface area (Å²) >= 11 is 2.90. The summed E-state index contributed by atoms with van der Waals surface area (Å²) in [5.74, 6) is 1.21. The number of thioether (sulfide) groups is 2. The number of aliphatic imine (C=N–C) groups is 1. The molecule has 1 N–H and O–H groups in total. The van der Waals surface area contributed by atoms with E-state index in [2.05, 4.69) is 58.8 Å². The second-order valence-corrected chi connectivity index (χ2v) is 11.7. The molecule has 0 atom stereocenters. The van der Waals surface area contributed by atoms with Crippen molar-refractivity contribution in [2.45, 2.75) is 26.1 Å². The Balaban J connectivity index is 1.21. The summed E-state index contributed by atoms with van der Waals surface area (Å²) < 4.78 is 8.91. The Labute approximate surface area is 241 Å². The summed E-state index contributed by atoms with van der Waals surface area (Å²) in [5.41, 5.74) is 5.73. The Morgan fingerprint density at radius 3 is 2.65 bits per heavy atom. The van der Waals surface area contributed by atoms with Crippen LogP contribution in [0.3, 0.4) is 0 Å². The number of para-hydroxylation sites is 1. The number of hydrogen-bond acceptors (Lipinski definition) is 6. The lowest BCUT2D eigenvalue weighted by atomic mass is 10.1. The predicted molar refractivity (Wildman–Crippen MR) is 166 cm³/mol. The lowest BCUT2D eigenvalue weighted by Gasteiger charge is -2.20. The molecule has 0 fully saturated rings. The first-order valence-electron chi connectivity index (χ1n) is 12.9. The standard InChI is InChI=1S/C31H27N5O2S2/c1-20-12-13-24(16-21(20)2)38-15-14-35-18-23(25-10-6-7-11-27(25)35)17-26-28(32)36-30(33-29(26)37)40-31(34-36)39-19-22-8-4-3-5-9-22/h3-13,16-18,32H,14-15,19H2,1-2H3/b26-17-,32-28?. The number of carbonyl (C=O) groups is 1. The average Bonchev–Trinajstić information content (AvgIpc) is 3.53. The Bertz CT molecular complexity index is 1720. The molecule has 40 heavy (non-hydrogen) atoms. The van der Waals surface area contributed by atoms with Crippen molar-refractivity contribution in [3.8, 4) is 5.75 Å². The van der Waals surface area contributed by atoms with Gasteiger partial charge in [-0.1, -0.05) is 66.4 Å². The van der Waals surface area contributed by atoms with E-state index in [-0.39, 0.29) is 11.4 Å². The fourth-order valence-corrected chi connectivity index (χ4v) is 6.43. The first-order chi connectivity index (χ1) is 19.5. The number of amides is 1. The van der Waals surface area contributed by atoms with E-state index < -0.39 is 5.91 Å². The molecule has 9 heteroatoms. The van der Waals surface area contributed by atoms with E-state index in [4.69, 9.17) is 10.1 Å². The van der Waals surface area contributed by atoms with Crippen LogP contribution in [0.15, 0.2) is 94.7 Å². The summed E-state index contributed by atoms with van der Waals surface area (Å²) in [6.07, 6.45) is 3.76. The van der Waals surface area contributed by atoms with Crippen molar-refractivity contribution in [1.82, 2.24) is 9.58 Å². The Kier molecular flexibility index (Phi) is 7.32. The second kappa shape index (κ2) is 11.2. The minimum atomic E-state index is -0.428. The highest BCUT2D eigenvalue weighted by molar-refractivity contribution is 8.45. The van der Waals surface area contributed by atoms with E-state index in [1.54, 1.807) is 17.8 Å². The van der Waals surface area contributed by atoms with Crippen molar-refractivity contribution in [3.05, 3.63) is 107 Å². The number of hydrogen-bond donors (Lipinski definition) is 1. The van der Waals surface area contributed by atoms with Gasteiger partial charge in [-0.05, 0) is 66.6 Å². The van der Waals surface area contributed by atoms with Gasteiger partial charge in [0.15, 0.2) is 10.2 Å². The first-order valence-corrected chi connectivity index (χ1v) is 14.7. The highest BCUT2D eigenvalue weighted by Crippen LogP contribution is 2.34. The number of nitrogens with one attached hydrogen (secondary N) is 1. The monoisotopic (exact) mass is 565 g/mol. The highest BCUT2D eigenvalue weighted by atomic mass is 32.2. The number of carbonyl (C=O) groups excluding carboxylic acids is 1. The molecule has 2 aliphatic rings. The number of benzene rings is 3. The third kappa shape index (κ3) is 5.35. The van der Waals surface area contributed by atoms with Crippen LogP contribution in [0.25, 0.3) is 17.0 Å². The maximum atomic E-state index is 13.0. The number of nitrogens with zero attached hydrogens (tertiary/aromatic N) is 4. The van der Waals surface area contributed by atoms with Gasteiger partial charge in [-0.2, -0.15) is 10.0 Å². The second-order valence-electron chi connectivity index (χ2n) is 9.55. The Hall–Kier alpha value is -4.08. The number of amidine groups is 2. The van der Waals surface area contributed by atoms with Crippen molar-refractivity contribution in [2.24, 2.45) is 10.1 Å². The van der Waals surface area contributed by atoms with Crippen molar-refractivity contribution in [2.75, 3.05) is 6.61 Å². The van der Waals surface area contributed by atoms with Gasteiger partial charge in [-0.25, -0.2) is 0 Å². The summed E-state index contributed by atoms with van der Waals surface area (Å²) in [6, 6.07) is 24.3. The molecule has 7 nitrogen and oxygen atoms in total. The van der Waals surface area contributed by atoms with Crippen LogP contribution in [0.2, 0.25) is 0 Å². The average molecular weight is 566 g/mol. The topological polar surface area (TPSA) is 83.0 Å². The van der Waals surface area contributed by atoms with Gasteiger partial charge in [-0.15, -0.1) is 5.10 Å². The van der Waals surface area contributed by atoms with Gasteiger partial charge in [0, 0.05) is 28.4 Å². The zero-order chi connectivity index (χ0) is 27.6. The zero-order valence-electron chi connectivity index (χ0n) is 22.1. The Morgan fingerprint density at radius 1 is 1.02 bits per heavy atom.